The SMILES string of the molecule is COc1ccc(NC(=O)C2(C(=O)Nc3cc(C)ccc3C)CC2)cc1Cl. The number of benzene rings is 2. The molecule has 0 atom stereocenters. The van der Waals surface area contributed by atoms with Gasteiger partial charge in [0.1, 0.15) is 11.2 Å². The molecule has 0 heterocycles. The molecule has 2 N–H and O–H groups in total. The maximum absolute atomic E-state index is 12.7. The highest BCUT2D eigenvalue weighted by molar-refractivity contribution is 6.32. The molecular formula is C20H21ClN2O3. The van der Waals surface area contributed by atoms with Gasteiger partial charge in [0.2, 0.25) is 11.8 Å². The number of anilines is 2. The molecule has 2 aromatic carbocycles. The molecule has 1 aliphatic rings. The van der Waals surface area contributed by atoms with Crippen molar-refractivity contribution in [2.45, 2.75) is 26.7 Å². The molecule has 5 nitrogen and oxygen atoms in total. The number of carbonyl (C=O) groups is 2. The summed E-state index contributed by atoms with van der Waals surface area (Å²) in [7, 11) is 1.52. The van der Waals surface area contributed by atoms with Crippen LogP contribution in [0, 0.1) is 19.3 Å². The summed E-state index contributed by atoms with van der Waals surface area (Å²) in [6, 6.07) is 10.8. The van der Waals surface area contributed by atoms with E-state index in [0.29, 0.717) is 29.3 Å². The van der Waals surface area contributed by atoms with Crippen LogP contribution in [-0.2, 0) is 9.59 Å². The van der Waals surface area contributed by atoms with E-state index >= 15 is 0 Å². The predicted octanol–water partition coefficient (Wildman–Crippen LogP) is 4.32. The van der Waals surface area contributed by atoms with E-state index in [1.807, 2.05) is 32.0 Å². The third-order valence-electron chi connectivity index (χ3n) is 4.67. The molecule has 6 heteroatoms. The molecule has 26 heavy (non-hydrogen) atoms. The lowest BCUT2D eigenvalue weighted by atomic mass is 10.0. The first-order chi connectivity index (χ1) is 12.4. The highest BCUT2D eigenvalue weighted by Gasteiger charge is 2.56. The van der Waals surface area contributed by atoms with Crippen molar-refractivity contribution in [1.82, 2.24) is 0 Å². The fourth-order valence-corrected chi connectivity index (χ4v) is 3.05. The van der Waals surface area contributed by atoms with Gasteiger partial charge in [-0.2, -0.15) is 0 Å². The van der Waals surface area contributed by atoms with E-state index in [4.69, 9.17) is 16.3 Å². The zero-order valence-electron chi connectivity index (χ0n) is 15.0. The van der Waals surface area contributed by atoms with Crippen LogP contribution in [0.25, 0.3) is 0 Å². The van der Waals surface area contributed by atoms with Crippen LogP contribution in [0.15, 0.2) is 36.4 Å². The number of nitrogens with one attached hydrogen (secondary N) is 2. The van der Waals surface area contributed by atoms with E-state index in [9.17, 15) is 9.59 Å². The van der Waals surface area contributed by atoms with Crippen LogP contribution in [0.2, 0.25) is 5.02 Å². The van der Waals surface area contributed by atoms with Gasteiger partial charge in [0.05, 0.1) is 12.1 Å². The topological polar surface area (TPSA) is 67.4 Å². The van der Waals surface area contributed by atoms with Gasteiger partial charge in [-0.15, -0.1) is 0 Å². The van der Waals surface area contributed by atoms with Crippen molar-refractivity contribution >= 4 is 34.8 Å². The molecule has 1 saturated carbocycles. The fourth-order valence-electron chi connectivity index (χ4n) is 2.79. The quantitative estimate of drug-likeness (QED) is 0.768. The van der Waals surface area contributed by atoms with Crippen LogP contribution in [0.5, 0.6) is 5.75 Å². The summed E-state index contributed by atoms with van der Waals surface area (Å²) in [5.41, 5.74) is 2.26. The molecular weight excluding hydrogens is 352 g/mol. The second-order valence-corrected chi connectivity index (χ2v) is 7.07. The Morgan fingerprint density at radius 3 is 2.35 bits per heavy atom. The van der Waals surface area contributed by atoms with Crippen LogP contribution in [0.4, 0.5) is 11.4 Å². The van der Waals surface area contributed by atoms with Crippen molar-refractivity contribution in [3.8, 4) is 5.75 Å². The molecule has 0 saturated heterocycles. The molecule has 0 bridgehead atoms. The molecule has 0 radical (unpaired) electrons. The number of carbonyl (C=O) groups excluding carboxylic acids is 2. The summed E-state index contributed by atoms with van der Waals surface area (Å²) in [6.45, 7) is 3.89. The van der Waals surface area contributed by atoms with Crippen LogP contribution in [0.1, 0.15) is 24.0 Å². The molecule has 2 aromatic rings. The molecule has 1 aliphatic carbocycles. The van der Waals surface area contributed by atoms with Gasteiger partial charge in [-0.1, -0.05) is 23.7 Å². The normalized spacial score (nSPS) is 14.5. The van der Waals surface area contributed by atoms with Gasteiger partial charge in [0.25, 0.3) is 0 Å². The fraction of sp³-hybridized carbons (Fsp3) is 0.300. The third-order valence-corrected chi connectivity index (χ3v) is 4.97. The number of hydrogen-bond donors (Lipinski definition) is 2. The monoisotopic (exact) mass is 372 g/mol. The first-order valence-electron chi connectivity index (χ1n) is 8.39. The van der Waals surface area contributed by atoms with E-state index in [1.54, 1.807) is 18.2 Å². The van der Waals surface area contributed by atoms with Gasteiger partial charge in [-0.3, -0.25) is 9.59 Å². The molecule has 2 amide bonds. The Morgan fingerprint density at radius 2 is 1.73 bits per heavy atom. The number of hydrogen-bond acceptors (Lipinski definition) is 3. The van der Waals surface area contributed by atoms with E-state index in [1.165, 1.54) is 7.11 Å². The first-order valence-corrected chi connectivity index (χ1v) is 8.77. The van der Waals surface area contributed by atoms with Crippen LogP contribution >= 0.6 is 11.6 Å². The van der Waals surface area contributed by atoms with Crippen molar-refractivity contribution < 1.29 is 14.3 Å². The largest absolute Gasteiger partial charge is 0.495 e. The summed E-state index contributed by atoms with van der Waals surface area (Å²) in [5, 5.41) is 6.09. The number of amides is 2. The molecule has 3 rings (SSSR count). The highest BCUT2D eigenvalue weighted by atomic mass is 35.5. The first kappa shape index (κ1) is 18.3. The Kier molecular flexibility index (Phi) is 4.92. The molecule has 136 valence electrons. The number of halogens is 1. The minimum atomic E-state index is -1.03. The lowest BCUT2D eigenvalue weighted by Gasteiger charge is -2.17. The summed E-state index contributed by atoms with van der Waals surface area (Å²) in [6.07, 6.45) is 1.05. The lowest BCUT2D eigenvalue weighted by molar-refractivity contribution is -0.131. The number of aryl methyl sites for hydroxylation is 2. The predicted molar refractivity (Wildman–Crippen MR) is 103 cm³/mol. The summed E-state index contributed by atoms with van der Waals surface area (Å²) in [4.78, 5) is 25.4. The highest BCUT2D eigenvalue weighted by Crippen LogP contribution is 2.47. The molecule has 1 fully saturated rings. The zero-order chi connectivity index (χ0) is 18.9. The summed E-state index contributed by atoms with van der Waals surface area (Å²) >= 11 is 6.09. The third kappa shape index (κ3) is 3.53. The minimum Gasteiger partial charge on any atom is -0.495 e. The average molecular weight is 373 g/mol. The Bertz CT molecular complexity index is 875. The number of ether oxygens (including phenoxy) is 1. The zero-order valence-corrected chi connectivity index (χ0v) is 15.7. The van der Waals surface area contributed by atoms with E-state index < -0.39 is 5.41 Å². The smallest absolute Gasteiger partial charge is 0.240 e. The molecule has 0 aromatic heterocycles. The second kappa shape index (κ2) is 7.00. The van der Waals surface area contributed by atoms with Crippen LogP contribution in [0.3, 0.4) is 0 Å². The Hall–Kier alpha value is -2.53. The van der Waals surface area contributed by atoms with Gasteiger partial charge in [-0.25, -0.2) is 0 Å². The summed E-state index contributed by atoms with van der Waals surface area (Å²) < 4.78 is 5.10. The summed E-state index contributed by atoms with van der Waals surface area (Å²) in [5.74, 6) is -0.0664. The van der Waals surface area contributed by atoms with E-state index in [0.717, 1.165) is 16.8 Å². The van der Waals surface area contributed by atoms with Crippen LogP contribution in [-0.4, -0.2) is 18.9 Å². The van der Waals surface area contributed by atoms with Gasteiger partial charge < -0.3 is 15.4 Å². The standard InChI is InChI=1S/C20H21ClN2O3/c1-12-4-5-13(2)16(10-12)23-19(25)20(8-9-20)18(24)22-14-6-7-17(26-3)15(21)11-14/h4-7,10-11H,8-9H2,1-3H3,(H,22,24)(H,23,25). The average Bonchev–Trinajstić information content (AvgIpc) is 3.40. The lowest BCUT2D eigenvalue weighted by Crippen LogP contribution is -2.35. The van der Waals surface area contributed by atoms with Crippen molar-refractivity contribution in [2.24, 2.45) is 5.41 Å². The van der Waals surface area contributed by atoms with Crippen molar-refractivity contribution in [2.75, 3.05) is 17.7 Å². The molecule has 0 aliphatic heterocycles. The second-order valence-electron chi connectivity index (χ2n) is 6.66. The Labute approximate surface area is 157 Å². The van der Waals surface area contributed by atoms with Crippen molar-refractivity contribution in [3.05, 3.63) is 52.5 Å². The van der Waals surface area contributed by atoms with Gasteiger partial charge in [0, 0.05) is 11.4 Å². The Morgan fingerprint density at radius 1 is 1.04 bits per heavy atom. The maximum atomic E-state index is 12.7. The van der Waals surface area contributed by atoms with E-state index in [-0.39, 0.29) is 11.8 Å². The number of rotatable bonds is 5. The van der Waals surface area contributed by atoms with Gasteiger partial charge in [-0.05, 0) is 62.1 Å². The van der Waals surface area contributed by atoms with Crippen LogP contribution < -0.4 is 15.4 Å². The van der Waals surface area contributed by atoms with E-state index in [2.05, 4.69) is 10.6 Å². The molecule has 0 spiro atoms. The van der Waals surface area contributed by atoms with Crippen molar-refractivity contribution in [3.63, 3.8) is 0 Å². The number of methoxy groups -OCH3 is 1. The van der Waals surface area contributed by atoms with Crippen molar-refractivity contribution in [1.29, 1.82) is 0 Å². The Balaban J connectivity index is 1.73. The minimum absolute atomic E-state index is 0.275. The van der Waals surface area contributed by atoms with Gasteiger partial charge >= 0.3 is 0 Å². The van der Waals surface area contributed by atoms with Gasteiger partial charge in [0.15, 0.2) is 0 Å². The molecule has 0 unspecified atom stereocenters. The maximum Gasteiger partial charge on any atom is 0.240 e.